The lowest BCUT2D eigenvalue weighted by Gasteiger charge is -2.15. The van der Waals surface area contributed by atoms with Crippen LogP contribution in [0.15, 0.2) is 48.7 Å². The van der Waals surface area contributed by atoms with Crippen LogP contribution < -0.4 is 25.7 Å². The predicted octanol–water partition coefficient (Wildman–Crippen LogP) is 3.61. The van der Waals surface area contributed by atoms with E-state index < -0.39 is 0 Å². The number of hydrogen-bond donors (Lipinski definition) is 2. The lowest BCUT2D eigenvalue weighted by Crippen LogP contribution is -1.98. The molecular formula is C20H21N3O3. The van der Waals surface area contributed by atoms with Crippen LogP contribution in [0.4, 0.5) is 11.5 Å². The van der Waals surface area contributed by atoms with Crippen molar-refractivity contribution < 1.29 is 14.2 Å². The van der Waals surface area contributed by atoms with Gasteiger partial charge in [0.2, 0.25) is 5.75 Å². The van der Waals surface area contributed by atoms with Crippen molar-refractivity contribution in [2.75, 3.05) is 32.8 Å². The van der Waals surface area contributed by atoms with Crippen molar-refractivity contribution in [2.45, 2.75) is 0 Å². The van der Waals surface area contributed by atoms with E-state index in [0.29, 0.717) is 28.8 Å². The Hall–Kier alpha value is -3.41. The van der Waals surface area contributed by atoms with Crippen LogP contribution in [-0.2, 0) is 0 Å². The Labute approximate surface area is 152 Å². The molecule has 0 saturated carbocycles. The van der Waals surface area contributed by atoms with Crippen LogP contribution in [0.25, 0.3) is 22.3 Å². The number of methoxy groups -OCH3 is 3. The van der Waals surface area contributed by atoms with Gasteiger partial charge < -0.3 is 25.7 Å². The summed E-state index contributed by atoms with van der Waals surface area (Å²) < 4.78 is 16.2. The molecule has 6 nitrogen and oxygen atoms in total. The number of nitrogen functional groups attached to an aromatic ring is 2. The molecule has 0 fully saturated rings. The maximum absolute atomic E-state index is 6.13. The average molecular weight is 351 g/mol. The van der Waals surface area contributed by atoms with Crippen molar-refractivity contribution in [1.29, 1.82) is 0 Å². The number of pyridine rings is 1. The summed E-state index contributed by atoms with van der Waals surface area (Å²) in [6.45, 7) is 0. The van der Waals surface area contributed by atoms with Gasteiger partial charge in [-0.2, -0.15) is 0 Å². The summed E-state index contributed by atoms with van der Waals surface area (Å²) in [6.07, 6.45) is 1.74. The summed E-state index contributed by atoms with van der Waals surface area (Å²) >= 11 is 0. The van der Waals surface area contributed by atoms with Crippen molar-refractivity contribution >= 4 is 11.5 Å². The summed E-state index contributed by atoms with van der Waals surface area (Å²) in [4.78, 5) is 4.34. The van der Waals surface area contributed by atoms with E-state index >= 15 is 0 Å². The Morgan fingerprint density at radius 1 is 0.731 bits per heavy atom. The average Bonchev–Trinajstić information content (AvgIpc) is 2.67. The molecule has 1 heterocycles. The third-order valence-corrected chi connectivity index (χ3v) is 4.14. The number of ether oxygens (including phenoxy) is 3. The first-order valence-corrected chi connectivity index (χ1v) is 7.99. The van der Waals surface area contributed by atoms with E-state index in [-0.39, 0.29) is 0 Å². The van der Waals surface area contributed by atoms with E-state index in [1.165, 1.54) is 0 Å². The molecule has 0 spiro atoms. The highest BCUT2D eigenvalue weighted by Crippen LogP contribution is 2.42. The van der Waals surface area contributed by atoms with Crippen LogP contribution in [0.2, 0.25) is 0 Å². The monoisotopic (exact) mass is 351 g/mol. The number of nitrogens with zero attached hydrogens (tertiary/aromatic N) is 1. The Balaban J connectivity index is 2.14. The molecule has 6 heteroatoms. The molecule has 26 heavy (non-hydrogen) atoms. The molecule has 2 aromatic carbocycles. The summed E-state index contributed by atoms with van der Waals surface area (Å²) in [6, 6.07) is 13.3. The molecule has 0 saturated heterocycles. The van der Waals surface area contributed by atoms with Gasteiger partial charge in [0.25, 0.3) is 0 Å². The minimum absolute atomic E-state index is 0.415. The molecular weight excluding hydrogens is 330 g/mol. The van der Waals surface area contributed by atoms with Gasteiger partial charge in [0.15, 0.2) is 11.5 Å². The van der Waals surface area contributed by atoms with Crippen molar-refractivity contribution in [1.82, 2.24) is 4.98 Å². The molecule has 0 aliphatic rings. The number of benzene rings is 2. The first kappa shape index (κ1) is 17.4. The standard InChI is InChI=1S/C20H21N3O3/c1-24-17-9-13(10-18(25-2)19(17)26-3)16-8-14(11-23-20(16)22)12-4-6-15(21)7-5-12/h4-11H,21H2,1-3H3,(H2,22,23). The molecule has 0 atom stereocenters. The Bertz CT molecular complexity index is 899. The van der Waals surface area contributed by atoms with Gasteiger partial charge in [-0.15, -0.1) is 0 Å². The van der Waals surface area contributed by atoms with Crippen LogP contribution >= 0.6 is 0 Å². The maximum Gasteiger partial charge on any atom is 0.203 e. The highest BCUT2D eigenvalue weighted by molar-refractivity contribution is 5.82. The van der Waals surface area contributed by atoms with E-state index in [1.54, 1.807) is 27.5 Å². The van der Waals surface area contributed by atoms with Crippen LogP contribution in [-0.4, -0.2) is 26.3 Å². The SMILES string of the molecule is COc1cc(-c2cc(-c3ccc(N)cc3)cnc2N)cc(OC)c1OC. The second-order valence-electron chi connectivity index (χ2n) is 5.69. The normalized spacial score (nSPS) is 10.4. The fourth-order valence-electron chi connectivity index (χ4n) is 2.78. The van der Waals surface area contributed by atoms with Crippen LogP contribution in [0.1, 0.15) is 0 Å². The zero-order valence-corrected chi connectivity index (χ0v) is 14.9. The highest BCUT2D eigenvalue weighted by atomic mass is 16.5. The minimum atomic E-state index is 0.415. The fraction of sp³-hybridized carbons (Fsp3) is 0.150. The van der Waals surface area contributed by atoms with Crippen LogP contribution in [0, 0.1) is 0 Å². The van der Waals surface area contributed by atoms with Crippen molar-refractivity contribution in [3.8, 4) is 39.5 Å². The second-order valence-corrected chi connectivity index (χ2v) is 5.69. The van der Waals surface area contributed by atoms with Crippen LogP contribution in [0.5, 0.6) is 17.2 Å². The second kappa shape index (κ2) is 7.23. The lowest BCUT2D eigenvalue weighted by molar-refractivity contribution is 0.324. The number of hydrogen-bond acceptors (Lipinski definition) is 6. The summed E-state index contributed by atoms with van der Waals surface area (Å²) in [5, 5.41) is 0. The maximum atomic E-state index is 6.13. The van der Waals surface area contributed by atoms with Crippen molar-refractivity contribution in [2.24, 2.45) is 0 Å². The van der Waals surface area contributed by atoms with Gasteiger partial charge >= 0.3 is 0 Å². The smallest absolute Gasteiger partial charge is 0.203 e. The van der Waals surface area contributed by atoms with Gasteiger partial charge in [-0.1, -0.05) is 12.1 Å². The van der Waals surface area contributed by atoms with Gasteiger partial charge in [0, 0.05) is 23.0 Å². The molecule has 0 aliphatic carbocycles. The molecule has 1 aromatic heterocycles. The molecule has 0 aliphatic heterocycles. The zero-order valence-electron chi connectivity index (χ0n) is 14.9. The minimum Gasteiger partial charge on any atom is -0.493 e. The van der Waals surface area contributed by atoms with E-state index in [4.69, 9.17) is 25.7 Å². The lowest BCUT2D eigenvalue weighted by atomic mass is 10.00. The van der Waals surface area contributed by atoms with E-state index in [1.807, 2.05) is 42.5 Å². The highest BCUT2D eigenvalue weighted by Gasteiger charge is 2.16. The Morgan fingerprint density at radius 2 is 1.35 bits per heavy atom. The third kappa shape index (κ3) is 3.21. The third-order valence-electron chi connectivity index (χ3n) is 4.14. The molecule has 134 valence electrons. The zero-order chi connectivity index (χ0) is 18.7. The summed E-state index contributed by atoms with van der Waals surface area (Å²) in [7, 11) is 4.72. The Morgan fingerprint density at radius 3 is 1.88 bits per heavy atom. The van der Waals surface area contributed by atoms with Crippen molar-refractivity contribution in [3.63, 3.8) is 0 Å². The first-order valence-electron chi connectivity index (χ1n) is 7.99. The number of anilines is 2. The Kier molecular flexibility index (Phi) is 4.84. The van der Waals surface area contributed by atoms with Gasteiger partial charge in [-0.25, -0.2) is 4.98 Å². The van der Waals surface area contributed by atoms with Crippen LogP contribution in [0.3, 0.4) is 0 Å². The molecule has 3 rings (SSSR count). The van der Waals surface area contributed by atoms with Gasteiger partial charge in [-0.3, -0.25) is 0 Å². The number of aromatic nitrogens is 1. The summed E-state index contributed by atoms with van der Waals surface area (Å²) in [5.74, 6) is 2.05. The molecule has 3 aromatic rings. The van der Waals surface area contributed by atoms with E-state index in [0.717, 1.165) is 22.3 Å². The first-order chi connectivity index (χ1) is 12.6. The predicted molar refractivity (Wildman–Crippen MR) is 104 cm³/mol. The quantitative estimate of drug-likeness (QED) is 0.682. The topological polar surface area (TPSA) is 92.6 Å². The molecule has 0 unspecified atom stereocenters. The van der Waals surface area contributed by atoms with Gasteiger partial charge in [-0.05, 0) is 41.5 Å². The molecule has 0 radical (unpaired) electrons. The fourth-order valence-corrected chi connectivity index (χ4v) is 2.78. The van der Waals surface area contributed by atoms with Gasteiger partial charge in [0.05, 0.1) is 21.3 Å². The summed E-state index contributed by atoms with van der Waals surface area (Å²) in [5.41, 5.74) is 16.1. The molecule has 0 bridgehead atoms. The molecule has 4 N–H and O–H groups in total. The molecule has 0 amide bonds. The number of rotatable bonds is 5. The van der Waals surface area contributed by atoms with E-state index in [2.05, 4.69) is 4.98 Å². The van der Waals surface area contributed by atoms with E-state index in [9.17, 15) is 0 Å². The largest absolute Gasteiger partial charge is 0.493 e. The number of nitrogens with two attached hydrogens (primary N) is 2. The van der Waals surface area contributed by atoms with Crippen molar-refractivity contribution in [3.05, 3.63) is 48.7 Å². The van der Waals surface area contributed by atoms with Gasteiger partial charge in [0.1, 0.15) is 5.82 Å².